The minimum atomic E-state index is -0.425. The smallest absolute Gasteiger partial charge is 0.283 e. The Morgan fingerprint density at radius 1 is 1.54 bits per heavy atom. The van der Waals surface area contributed by atoms with E-state index in [0.717, 1.165) is 0 Å². The average Bonchev–Trinajstić information content (AvgIpc) is 2.03. The summed E-state index contributed by atoms with van der Waals surface area (Å²) in [5.74, 6) is -0.454. The van der Waals surface area contributed by atoms with E-state index >= 15 is 0 Å². The molecular weight excluding hydrogens is 168 g/mol. The maximum absolute atomic E-state index is 11.0. The number of hydrogen-bond donors (Lipinski definition) is 1. The van der Waals surface area contributed by atoms with Crippen LogP contribution in [0.4, 0.5) is 0 Å². The second-order valence-corrected chi connectivity index (χ2v) is 2.79. The largest absolute Gasteiger partial charge is 0.364 e. The van der Waals surface area contributed by atoms with Gasteiger partial charge in [0.1, 0.15) is 0 Å². The first kappa shape index (κ1) is 9.38. The van der Waals surface area contributed by atoms with Crippen molar-refractivity contribution in [2.75, 3.05) is 0 Å². The van der Waals surface area contributed by atoms with Crippen LogP contribution in [0.15, 0.2) is 24.5 Å². The van der Waals surface area contributed by atoms with Crippen LogP contribution in [-0.4, -0.2) is 11.7 Å². The van der Waals surface area contributed by atoms with Crippen molar-refractivity contribution in [2.24, 2.45) is 5.73 Å². The van der Waals surface area contributed by atoms with Gasteiger partial charge in [0, 0.05) is 6.07 Å². The van der Waals surface area contributed by atoms with Crippen LogP contribution in [0.5, 0.6) is 0 Å². The van der Waals surface area contributed by atoms with Crippen molar-refractivity contribution in [3.05, 3.63) is 30.1 Å². The van der Waals surface area contributed by atoms with E-state index < -0.39 is 5.91 Å². The van der Waals surface area contributed by atoms with Crippen molar-refractivity contribution >= 4 is 11.7 Å². The Balaban J connectivity index is 2.91. The van der Waals surface area contributed by atoms with Crippen LogP contribution < -0.4 is 10.3 Å². The molecule has 0 saturated carbocycles. The third-order valence-electron chi connectivity index (χ3n) is 1.60. The summed E-state index contributed by atoms with van der Waals surface area (Å²) in [6, 6.07) is 3.40. The molecule has 0 aliphatic heterocycles. The number of carbonyl (C=O) groups excluding carboxylic acids is 2. The number of ketones is 1. The standard InChI is InChI=1S/C9H10N2O2/c1-7(12)8-3-2-4-11(5-8)6-9(10)13/h2-5H,6H2,1H3,(H-,10,13)/p+1. The lowest BCUT2D eigenvalue weighted by Crippen LogP contribution is -2.40. The lowest BCUT2D eigenvalue weighted by molar-refractivity contribution is -0.684. The van der Waals surface area contributed by atoms with Gasteiger partial charge in [-0.05, 0) is 13.0 Å². The summed E-state index contributed by atoms with van der Waals surface area (Å²) in [6.07, 6.45) is 3.30. The Hall–Kier alpha value is -1.71. The van der Waals surface area contributed by atoms with Gasteiger partial charge >= 0.3 is 0 Å². The summed E-state index contributed by atoms with van der Waals surface area (Å²) in [5, 5.41) is 0. The van der Waals surface area contributed by atoms with Crippen LogP contribution in [0.2, 0.25) is 0 Å². The molecule has 0 spiro atoms. The number of hydrogen-bond acceptors (Lipinski definition) is 2. The van der Waals surface area contributed by atoms with Crippen LogP contribution in [0, 0.1) is 0 Å². The van der Waals surface area contributed by atoms with Gasteiger partial charge in [-0.25, -0.2) is 0 Å². The molecule has 0 aliphatic carbocycles. The number of amides is 1. The molecule has 1 heterocycles. The molecule has 0 fully saturated rings. The topological polar surface area (TPSA) is 64.0 Å². The Labute approximate surface area is 76.0 Å². The third kappa shape index (κ3) is 2.66. The first-order valence-corrected chi connectivity index (χ1v) is 3.88. The summed E-state index contributed by atoms with van der Waals surface area (Å²) in [7, 11) is 0. The first-order valence-electron chi connectivity index (χ1n) is 3.88. The highest BCUT2D eigenvalue weighted by Gasteiger charge is 2.08. The molecular formula is C9H11N2O2+. The molecule has 0 atom stereocenters. The summed E-state index contributed by atoms with van der Waals surface area (Å²) in [5.41, 5.74) is 5.58. The van der Waals surface area contributed by atoms with Gasteiger partial charge in [0.2, 0.25) is 6.54 Å². The molecule has 0 saturated heterocycles. The van der Waals surface area contributed by atoms with Crippen molar-refractivity contribution in [1.82, 2.24) is 0 Å². The van der Waals surface area contributed by atoms with Gasteiger partial charge in [-0.3, -0.25) is 9.59 Å². The molecule has 4 nitrogen and oxygen atoms in total. The predicted molar refractivity (Wildman–Crippen MR) is 45.8 cm³/mol. The van der Waals surface area contributed by atoms with E-state index in [-0.39, 0.29) is 12.3 Å². The van der Waals surface area contributed by atoms with Crippen molar-refractivity contribution in [3.63, 3.8) is 0 Å². The van der Waals surface area contributed by atoms with Crippen molar-refractivity contribution in [2.45, 2.75) is 13.5 Å². The van der Waals surface area contributed by atoms with Gasteiger partial charge in [-0.2, -0.15) is 4.57 Å². The molecule has 13 heavy (non-hydrogen) atoms. The number of aromatic nitrogens is 1. The van der Waals surface area contributed by atoms with Crippen LogP contribution in [-0.2, 0) is 11.3 Å². The minimum Gasteiger partial charge on any atom is -0.364 e. The maximum Gasteiger partial charge on any atom is 0.283 e. The van der Waals surface area contributed by atoms with Crippen molar-refractivity contribution in [1.29, 1.82) is 0 Å². The van der Waals surface area contributed by atoms with E-state index in [0.29, 0.717) is 5.56 Å². The maximum atomic E-state index is 11.0. The molecule has 1 aromatic heterocycles. The molecule has 2 N–H and O–H groups in total. The molecule has 1 rings (SSSR count). The summed E-state index contributed by atoms with van der Waals surface area (Å²) < 4.78 is 1.58. The number of carbonyl (C=O) groups is 2. The second kappa shape index (κ2) is 3.80. The lowest BCUT2D eigenvalue weighted by atomic mass is 10.2. The van der Waals surface area contributed by atoms with Gasteiger partial charge in [0.25, 0.3) is 5.91 Å². The molecule has 68 valence electrons. The summed E-state index contributed by atoms with van der Waals surface area (Å²) in [4.78, 5) is 21.5. The van der Waals surface area contributed by atoms with Gasteiger partial charge in [0.05, 0.1) is 5.56 Å². The Morgan fingerprint density at radius 3 is 2.77 bits per heavy atom. The van der Waals surface area contributed by atoms with Crippen LogP contribution in [0.3, 0.4) is 0 Å². The summed E-state index contributed by atoms with van der Waals surface area (Å²) >= 11 is 0. The fraction of sp³-hybridized carbons (Fsp3) is 0.222. The van der Waals surface area contributed by atoms with Crippen molar-refractivity contribution < 1.29 is 14.2 Å². The van der Waals surface area contributed by atoms with E-state index in [9.17, 15) is 9.59 Å². The number of primary amides is 1. The molecule has 0 unspecified atom stereocenters. The monoisotopic (exact) mass is 179 g/mol. The minimum absolute atomic E-state index is 0.0289. The Morgan fingerprint density at radius 2 is 2.23 bits per heavy atom. The molecule has 1 amide bonds. The quantitative estimate of drug-likeness (QED) is 0.509. The molecule has 0 aromatic carbocycles. The van der Waals surface area contributed by atoms with Crippen LogP contribution in [0.1, 0.15) is 17.3 Å². The zero-order chi connectivity index (χ0) is 9.84. The van der Waals surface area contributed by atoms with E-state index in [1.807, 2.05) is 0 Å². The molecule has 0 aliphatic rings. The average molecular weight is 179 g/mol. The number of pyridine rings is 1. The molecule has 0 radical (unpaired) electrons. The highest BCUT2D eigenvalue weighted by molar-refractivity contribution is 5.93. The summed E-state index contributed by atoms with van der Waals surface area (Å²) in [6.45, 7) is 1.57. The van der Waals surface area contributed by atoms with E-state index in [1.54, 1.807) is 29.1 Å². The van der Waals surface area contributed by atoms with Gasteiger partial charge in [-0.15, -0.1) is 0 Å². The first-order chi connectivity index (χ1) is 6.09. The fourth-order valence-electron chi connectivity index (χ4n) is 1.01. The number of nitrogens with two attached hydrogens (primary N) is 1. The predicted octanol–water partition coefficient (Wildman–Crippen LogP) is -0.338. The van der Waals surface area contributed by atoms with E-state index in [4.69, 9.17) is 5.73 Å². The van der Waals surface area contributed by atoms with Gasteiger partial charge in [0.15, 0.2) is 18.2 Å². The SMILES string of the molecule is CC(=O)c1ccc[n+](CC(N)=O)c1. The molecule has 4 heteroatoms. The van der Waals surface area contributed by atoms with Gasteiger partial charge < -0.3 is 5.73 Å². The van der Waals surface area contributed by atoms with Crippen LogP contribution in [0.25, 0.3) is 0 Å². The fourth-order valence-corrected chi connectivity index (χ4v) is 1.01. The van der Waals surface area contributed by atoms with Crippen molar-refractivity contribution in [3.8, 4) is 0 Å². The zero-order valence-electron chi connectivity index (χ0n) is 7.36. The molecule has 0 bridgehead atoms. The number of Topliss-reactive ketones (excluding diaryl/α,β-unsaturated/α-hetero) is 1. The van der Waals surface area contributed by atoms with Gasteiger partial charge in [-0.1, -0.05) is 0 Å². The van der Waals surface area contributed by atoms with Crippen LogP contribution >= 0.6 is 0 Å². The second-order valence-electron chi connectivity index (χ2n) is 2.79. The normalized spacial score (nSPS) is 9.62. The zero-order valence-corrected chi connectivity index (χ0v) is 7.36. The number of nitrogens with zero attached hydrogens (tertiary/aromatic N) is 1. The Bertz CT molecular complexity index is 347. The highest BCUT2D eigenvalue weighted by atomic mass is 16.1. The molecule has 1 aromatic rings. The van der Waals surface area contributed by atoms with E-state index in [1.165, 1.54) is 6.92 Å². The third-order valence-corrected chi connectivity index (χ3v) is 1.60. The number of rotatable bonds is 3. The lowest BCUT2D eigenvalue weighted by Gasteiger charge is -1.94. The van der Waals surface area contributed by atoms with E-state index in [2.05, 4.69) is 0 Å². The highest BCUT2D eigenvalue weighted by Crippen LogP contribution is 1.94. The Kier molecular flexibility index (Phi) is 2.74.